The van der Waals surface area contributed by atoms with Gasteiger partial charge in [-0.15, -0.1) is 11.3 Å². The number of nitrogens with one attached hydrogen (secondary N) is 1. The Labute approximate surface area is 162 Å². The molecule has 2 amide bonds. The van der Waals surface area contributed by atoms with Crippen molar-refractivity contribution in [3.8, 4) is 11.3 Å². The summed E-state index contributed by atoms with van der Waals surface area (Å²) >= 11 is 1.17. The summed E-state index contributed by atoms with van der Waals surface area (Å²) in [7, 11) is 0. The highest BCUT2D eigenvalue weighted by Gasteiger charge is 2.35. The molecule has 144 valence electrons. The van der Waals surface area contributed by atoms with E-state index in [9.17, 15) is 18.4 Å². The lowest BCUT2D eigenvalue weighted by Gasteiger charge is -2.14. The Morgan fingerprint density at radius 2 is 2.18 bits per heavy atom. The predicted molar refractivity (Wildman–Crippen MR) is 98.3 cm³/mol. The molecular formula is C19H15F2N3O3S. The van der Waals surface area contributed by atoms with Crippen LogP contribution in [-0.2, 0) is 16.1 Å². The zero-order valence-electron chi connectivity index (χ0n) is 14.5. The first kappa shape index (κ1) is 18.3. The fourth-order valence-corrected chi connectivity index (χ4v) is 3.74. The number of nitrogens with zero attached hydrogens (tertiary/aromatic N) is 2. The highest BCUT2D eigenvalue weighted by molar-refractivity contribution is 7.14. The van der Waals surface area contributed by atoms with E-state index >= 15 is 0 Å². The SMILES string of the molecule is O=C(Nc1nc(-c2ccc(F)c(F)c2)cs1)[C@H]1CC(=O)N(Cc2ccco2)C1. The van der Waals surface area contributed by atoms with Crippen LogP contribution in [0.4, 0.5) is 13.9 Å². The molecule has 0 bridgehead atoms. The molecule has 1 atom stereocenters. The molecule has 9 heteroatoms. The lowest BCUT2D eigenvalue weighted by molar-refractivity contribution is -0.128. The number of carbonyl (C=O) groups excluding carboxylic acids is 2. The summed E-state index contributed by atoms with van der Waals surface area (Å²) in [5.41, 5.74) is 0.845. The lowest BCUT2D eigenvalue weighted by atomic mass is 10.1. The maximum absolute atomic E-state index is 13.4. The van der Waals surface area contributed by atoms with Crippen LogP contribution in [-0.4, -0.2) is 28.2 Å². The molecule has 1 aliphatic heterocycles. The van der Waals surface area contributed by atoms with Gasteiger partial charge in [0, 0.05) is 23.9 Å². The number of hydrogen-bond acceptors (Lipinski definition) is 5. The van der Waals surface area contributed by atoms with Gasteiger partial charge in [0.1, 0.15) is 5.76 Å². The van der Waals surface area contributed by atoms with Crippen LogP contribution < -0.4 is 5.32 Å². The van der Waals surface area contributed by atoms with Crippen molar-refractivity contribution >= 4 is 28.3 Å². The van der Waals surface area contributed by atoms with Crippen LogP contribution in [0.2, 0.25) is 0 Å². The normalized spacial score (nSPS) is 16.6. The van der Waals surface area contributed by atoms with Crippen LogP contribution in [0.3, 0.4) is 0 Å². The van der Waals surface area contributed by atoms with Gasteiger partial charge in [-0.05, 0) is 30.3 Å². The van der Waals surface area contributed by atoms with Crippen LogP contribution in [0.5, 0.6) is 0 Å². The number of aromatic nitrogens is 1. The molecule has 28 heavy (non-hydrogen) atoms. The Hall–Kier alpha value is -3.07. The first-order chi connectivity index (χ1) is 13.5. The molecule has 1 fully saturated rings. The van der Waals surface area contributed by atoms with Crippen LogP contribution in [0.1, 0.15) is 12.2 Å². The molecular weight excluding hydrogens is 388 g/mol. The first-order valence-corrected chi connectivity index (χ1v) is 9.39. The van der Waals surface area contributed by atoms with Gasteiger partial charge in [-0.1, -0.05) is 0 Å². The highest BCUT2D eigenvalue weighted by Crippen LogP contribution is 2.27. The van der Waals surface area contributed by atoms with Gasteiger partial charge in [0.2, 0.25) is 11.8 Å². The second-order valence-electron chi connectivity index (χ2n) is 6.41. The summed E-state index contributed by atoms with van der Waals surface area (Å²) in [5, 5.41) is 4.68. The molecule has 3 heterocycles. The molecule has 1 aliphatic rings. The number of furan rings is 1. The molecule has 1 saturated heterocycles. The minimum Gasteiger partial charge on any atom is -0.467 e. The number of rotatable bonds is 5. The Balaban J connectivity index is 1.39. The van der Waals surface area contributed by atoms with Crippen LogP contribution >= 0.6 is 11.3 Å². The van der Waals surface area contributed by atoms with E-state index in [1.54, 1.807) is 22.4 Å². The smallest absolute Gasteiger partial charge is 0.231 e. The predicted octanol–water partition coefficient (Wildman–Crippen LogP) is 3.67. The number of likely N-dealkylation sites (tertiary alicyclic amines) is 1. The van der Waals surface area contributed by atoms with Crippen molar-refractivity contribution < 1.29 is 22.8 Å². The summed E-state index contributed by atoms with van der Waals surface area (Å²) in [6.45, 7) is 0.625. The zero-order chi connectivity index (χ0) is 19.7. The Kier molecular flexibility index (Phi) is 4.91. The topological polar surface area (TPSA) is 75.4 Å². The largest absolute Gasteiger partial charge is 0.467 e. The maximum Gasteiger partial charge on any atom is 0.231 e. The molecule has 1 aromatic carbocycles. The fourth-order valence-electron chi connectivity index (χ4n) is 3.02. The van der Waals surface area contributed by atoms with E-state index in [1.807, 2.05) is 0 Å². The van der Waals surface area contributed by atoms with Gasteiger partial charge in [-0.2, -0.15) is 0 Å². The molecule has 1 N–H and O–H groups in total. The van der Waals surface area contributed by atoms with Crippen molar-refractivity contribution in [1.29, 1.82) is 0 Å². The van der Waals surface area contributed by atoms with E-state index < -0.39 is 17.6 Å². The monoisotopic (exact) mass is 403 g/mol. The minimum atomic E-state index is -0.961. The van der Waals surface area contributed by atoms with Crippen LogP contribution in [0.15, 0.2) is 46.4 Å². The number of anilines is 1. The lowest BCUT2D eigenvalue weighted by Crippen LogP contribution is -2.27. The summed E-state index contributed by atoms with van der Waals surface area (Å²) in [6.07, 6.45) is 1.65. The van der Waals surface area contributed by atoms with Crippen molar-refractivity contribution in [2.45, 2.75) is 13.0 Å². The van der Waals surface area contributed by atoms with E-state index in [1.165, 1.54) is 23.7 Å². The second kappa shape index (κ2) is 7.51. The molecule has 0 spiro atoms. The van der Waals surface area contributed by atoms with Crippen molar-refractivity contribution in [3.63, 3.8) is 0 Å². The van der Waals surface area contributed by atoms with Gasteiger partial charge in [0.25, 0.3) is 0 Å². The minimum absolute atomic E-state index is 0.113. The van der Waals surface area contributed by atoms with Crippen LogP contribution in [0, 0.1) is 17.6 Å². The van der Waals surface area contributed by atoms with E-state index in [-0.39, 0.29) is 18.2 Å². The first-order valence-electron chi connectivity index (χ1n) is 8.51. The summed E-state index contributed by atoms with van der Waals surface area (Å²) in [6, 6.07) is 7.02. The number of carbonyl (C=O) groups is 2. The van der Waals surface area contributed by atoms with E-state index in [0.717, 1.165) is 12.1 Å². The molecule has 0 unspecified atom stereocenters. The average molecular weight is 403 g/mol. The van der Waals surface area contributed by atoms with Gasteiger partial charge in [0.15, 0.2) is 16.8 Å². The maximum atomic E-state index is 13.4. The van der Waals surface area contributed by atoms with Gasteiger partial charge >= 0.3 is 0 Å². The van der Waals surface area contributed by atoms with Gasteiger partial charge in [0.05, 0.1) is 24.4 Å². The van der Waals surface area contributed by atoms with Crippen LogP contribution in [0.25, 0.3) is 11.3 Å². The second-order valence-corrected chi connectivity index (χ2v) is 7.27. The van der Waals surface area contributed by atoms with E-state index in [4.69, 9.17) is 4.42 Å². The third-order valence-electron chi connectivity index (χ3n) is 4.46. The Morgan fingerprint density at radius 1 is 1.32 bits per heavy atom. The molecule has 3 aromatic rings. The quantitative estimate of drug-likeness (QED) is 0.705. The molecule has 2 aromatic heterocycles. The summed E-state index contributed by atoms with van der Waals surface area (Å²) in [4.78, 5) is 30.5. The molecule has 6 nitrogen and oxygen atoms in total. The fraction of sp³-hybridized carbons (Fsp3) is 0.211. The Morgan fingerprint density at radius 3 is 2.93 bits per heavy atom. The Bertz CT molecular complexity index is 1020. The zero-order valence-corrected chi connectivity index (χ0v) is 15.3. The number of benzene rings is 1. The van der Waals surface area contributed by atoms with Crippen molar-refractivity contribution in [2.24, 2.45) is 5.92 Å². The van der Waals surface area contributed by atoms with Gasteiger partial charge < -0.3 is 14.6 Å². The van der Waals surface area contributed by atoms with Crippen molar-refractivity contribution in [3.05, 3.63) is 59.4 Å². The third-order valence-corrected chi connectivity index (χ3v) is 5.22. The molecule has 0 radical (unpaired) electrons. The molecule has 0 aliphatic carbocycles. The number of halogens is 2. The number of amides is 2. The summed E-state index contributed by atoms with van der Waals surface area (Å²) < 4.78 is 31.7. The number of hydrogen-bond donors (Lipinski definition) is 1. The van der Waals surface area contributed by atoms with Crippen molar-refractivity contribution in [1.82, 2.24) is 9.88 Å². The molecule has 0 saturated carbocycles. The average Bonchev–Trinajstić information content (AvgIpc) is 3.40. The van der Waals surface area contributed by atoms with Gasteiger partial charge in [-0.25, -0.2) is 13.8 Å². The van der Waals surface area contributed by atoms with Gasteiger partial charge in [-0.3, -0.25) is 9.59 Å². The third kappa shape index (κ3) is 3.79. The molecule has 4 rings (SSSR count). The summed E-state index contributed by atoms with van der Waals surface area (Å²) in [5.74, 6) is -2.14. The van der Waals surface area contributed by atoms with E-state index in [0.29, 0.717) is 35.2 Å². The van der Waals surface area contributed by atoms with E-state index in [2.05, 4.69) is 10.3 Å². The highest BCUT2D eigenvalue weighted by atomic mass is 32.1. The standard InChI is InChI=1S/C19H15F2N3O3S/c20-14-4-3-11(6-15(14)21)16-10-28-19(22-16)23-18(26)12-7-17(25)24(8-12)9-13-2-1-5-27-13/h1-6,10,12H,7-9H2,(H,22,23,26)/t12-/m0/s1. The van der Waals surface area contributed by atoms with Crippen molar-refractivity contribution in [2.75, 3.05) is 11.9 Å². The number of thiazole rings is 1.